The summed E-state index contributed by atoms with van der Waals surface area (Å²) < 4.78 is 0. The zero-order valence-electron chi connectivity index (χ0n) is 15.0. The molecule has 2 aromatic rings. The van der Waals surface area contributed by atoms with Crippen molar-refractivity contribution in [3.05, 3.63) is 64.7 Å². The Morgan fingerprint density at radius 2 is 1.78 bits per heavy atom. The third kappa shape index (κ3) is 2.97. The van der Waals surface area contributed by atoms with Gasteiger partial charge in [0, 0.05) is 17.0 Å². The molecule has 1 aliphatic carbocycles. The van der Waals surface area contributed by atoms with Crippen molar-refractivity contribution in [2.75, 3.05) is 4.90 Å². The van der Waals surface area contributed by atoms with E-state index < -0.39 is 17.4 Å². The molecule has 1 heterocycles. The lowest BCUT2D eigenvalue weighted by atomic mass is 9.77. The maximum Gasteiger partial charge on any atom is 0.264 e. The summed E-state index contributed by atoms with van der Waals surface area (Å²) in [7, 11) is 0. The van der Waals surface area contributed by atoms with Crippen LogP contribution in [0, 0.1) is 5.92 Å². The maximum absolute atomic E-state index is 13.4. The van der Waals surface area contributed by atoms with Crippen LogP contribution < -0.4 is 4.90 Å². The second kappa shape index (κ2) is 7.10. The van der Waals surface area contributed by atoms with Gasteiger partial charge in [-0.1, -0.05) is 60.8 Å². The largest absolute Gasteiger partial charge is 0.375 e. The monoisotopic (exact) mass is 383 g/mol. The van der Waals surface area contributed by atoms with Gasteiger partial charge in [-0.25, -0.2) is 0 Å². The molecule has 5 heteroatoms. The number of rotatable bonds is 3. The minimum Gasteiger partial charge on any atom is -0.375 e. The number of para-hydroxylation sites is 1. The van der Waals surface area contributed by atoms with Crippen LogP contribution in [0.4, 0.5) is 5.69 Å². The van der Waals surface area contributed by atoms with E-state index in [1.54, 1.807) is 23.1 Å². The van der Waals surface area contributed by atoms with Crippen molar-refractivity contribution in [2.24, 2.45) is 5.92 Å². The minimum atomic E-state index is -1.79. The van der Waals surface area contributed by atoms with Gasteiger partial charge in [-0.05, 0) is 30.5 Å². The molecular formula is C22H22ClNO3. The van der Waals surface area contributed by atoms with Gasteiger partial charge >= 0.3 is 0 Å². The quantitative estimate of drug-likeness (QED) is 0.807. The summed E-state index contributed by atoms with van der Waals surface area (Å²) in [6.45, 7) is 0.263. The Kier molecular flexibility index (Phi) is 4.79. The second-order valence-corrected chi connectivity index (χ2v) is 7.79. The second-order valence-electron chi connectivity index (χ2n) is 7.38. The van der Waals surface area contributed by atoms with Gasteiger partial charge in [-0.2, -0.15) is 0 Å². The number of anilines is 1. The summed E-state index contributed by atoms with van der Waals surface area (Å²) in [5, 5.41) is 12.2. The summed E-state index contributed by atoms with van der Waals surface area (Å²) in [6, 6.07) is 14.6. The van der Waals surface area contributed by atoms with Crippen LogP contribution in [0.1, 0.15) is 43.2 Å². The number of fused-ring (bicyclic) bond motifs is 1. The molecule has 0 unspecified atom stereocenters. The molecule has 0 saturated heterocycles. The maximum atomic E-state index is 13.4. The van der Waals surface area contributed by atoms with Crippen LogP contribution >= 0.6 is 11.6 Å². The number of nitrogens with zero attached hydrogens (tertiary/aromatic N) is 1. The van der Waals surface area contributed by atoms with Crippen molar-refractivity contribution >= 4 is 29.0 Å². The van der Waals surface area contributed by atoms with Crippen LogP contribution in [-0.2, 0) is 21.7 Å². The van der Waals surface area contributed by atoms with Crippen LogP contribution in [0.25, 0.3) is 0 Å². The zero-order chi connectivity index (χ0) is 19.0. The molecule has 27 heavy (non-hydrogen) atoms. The number of halogens is 1. The van der Waals surface area contributed by atoms with Crippen molar-refractivity contribution in [2.45, 2.75) is 44.2 Å². The van der Waals surface area contributed by atoms with Gasteiger partial charge in [0.2, 0.25) is 0 Å². The van der Waals surface area contributed by atoms with Gasteiger partial charge in [0.15, 0.2) is 5.60 Å². The van der Waals surface area contributed by atoms with Crippen molar-refractivity contribution < 1.29 is 14.7 Å². The van der Waals surface area contributed by atoms with E-state index in [4.69, 9.17) is 11.6 Å². The Morgan fingerprint density at radius 1 is 1.04 bits per heavy atom. The van der Waals surface area contributed by atoms with Crippen LogP contribution in [-0.4, -0.2) is 16.8 Å². The number of Topliss-reactive ketones (excluding diaryl/α,β-unsaturated/α-hetero) is 1. The number of amides is 1. The normalized spacial score (nSPS) is 25.4. The van der Waals surface area contributed by atoms with Gasteiger partial charge in [-0.3, -0.25) is 9.59 Å². The van der Waals surface area contributed by atoms with Crippen molar-refractivity contribution in [1.29, 1.82) is 0 Å². The van der Waals surface area contributed by atoms with Crippen LogP contribution in [0.3, 0.4) is 0 Å². The van der Waals surface area contributed by atoms with E-state index in [2.05, 4.69) is 0 Å². The lowest BCUT2D eigenvalue weighted by molar-refractivity contribution is -0.150. The number of ketones is 1. The standard InChI is InChI=1S/C22H22ClNO3/c23-18-11-6-4-8-15(18)14-24-19-12-7-5-9-16(19)22(27,21(24)26)17-10-2-1-3-13-20(17)25/h4-9,11-12,17,27H,1-3,10,13-14H2/t17-,22-/m0/s1. The van der Waals surface area contributed by atoms with E-state index >= 15 is 0 Å². The molecule has 140 valence electrons. The number of hydrogen-bond donors (Lipinski definition) is 1. The van der Waals surface area contributed by atoms with E-state index in [9.17, 15) is 14.7 Å². The molecule has 2 atom stereocenters. The van der Waals surface area contributed by atoms with Crippen molar-refractivity contribution in [3.63, 3.8) is 0 Å². The highest BCUT2D eigenvalue weighted by atomic mass is 35.5. The molecule has 0 bridgehead atoms. The molecular weight excluding hydrogens is 362 g/mol. The van der Waals surface area contributed by atoms with Crippen LogP contribution in [0.5, 0.6) is 0 Å². The molecule has 2 aliphatic rings. The number of carbonyl (C=O) groups excluding carboxylic acids is 2. The van der Waals surface area contributed by atoms with E-state index in [0.29, 0.717) is 29.1 Å². The Hall–Kier alpha value is -2.17. The van der Waals surface area contributed by atoms with Gasteiger partial charge in [0.05, 0.1) is 18.2 Å². The molecule has 0 radical (unpaired) electrons. The predicted octanol–water partition coefficient (Wildman–Crippen LogP) is 4.22. The van der Waals surface area contributed by atoms with Gasteiger partial charge in [0.1, 0.15) is 5.78 Å². The summed E-state index contributed by atoms with van der Waals surface area (Å²) in [6.07, 6.45) is 3.59. The molecule has 0 aromatic heterocycles. The lowest BCUT2D eigenvalue weighted by Crippen LogP contribution is -2.48. The van der Waals surface area contributed by atoms with Crippen LogP contribution in [0.2, 0.25) is 5.02 Å². The van der Waals surface area contributed by atoms with Gasteiger partial charge < -0.3 is 10.0 Å². The van der Waals surface area contributed by atoms with Crippen molar-refractivity contribution in [1.82, 2.24) is 0 Å². The van der Waals surface area contributed by atoms with E-state index in [-0.39, 0.29) is 12.3 Å². The third-order valence-corrected chi connectivity index (χ3v) is 6.14. The Bertz CT molecular complexity index is 897. The average molecular weight is 384 g/mol. The number of carbonyl (C=O) groups is 2. The molecule has 4 rings (SSSR count). The fourth-order valence-corrected chi connectivity index (χ4v) is 4.55. The predicted molar refractivity (Wildman–Crippen MR) is 105 cm³/mol. The molecule has 0 spiro atoms. The highest BCUT2D eigenvalue weighted by molar-refractivity contribution is 6.31. The zero-order valence-corrected chi connectivity index (χ0v) is 15.8. The number of hydrogen-bond acceptors (Lipinski definition) is 3. The summed E-state index contributed by atoms with van der Waals surface area (Å²) in [5.41, 5.74) is 0.197. The first-order chi connectivity index (χ1) is 13.0. The minimum absolute atomic E-state index is 0.0160. The van der Waals surface area contributed by atoms with Crippen LogP contribution in [0.15, 0.2) is 48.5 Å². The topological polar surface area (TPSA) is 57.6 Å². The van der Waals surface area contributed by atoms with E-state index in [1.807, 2.05) is 30.3 Å². The molecule has 1 fully saturated rings. The highest BCUT2D eigenvalue weighted by Crippen LogP contribution is 2.48. The smallest absolute Gasteiger partial charge is 0.264 e. The van der Waals surface area contributed by atoms with E-state index in [1.165, 1.54) is 0 Å². The lowest BCUT2D eigenvalue weighted by Gasteiger charge is -2.30. The fraction of sp³-hybridized carbons (Fsp3) is 0.364. The molecule has 2 aromatic carbocycles. The van der Waals surface area contributed by atoms with Crippen molar-refractivity contribution in [3.8, 4) is 0 Å². The fourth-order valence-electron chi connectivity index (χ4n) is 4.35. The average Bonchev–Trinajstić information content (AvgIpc) is 2.82. The Morgan fingerprint density at radius 3 is 2.59 bits per heavy atom. The highest BCUT2D eigenvalue weighted by Gasteiger charge is 2.56. The van der Waals surface area contributed by atoms with Gasteiger partial charge in [-0.15, -0.1) is 0 Å². The summed E-state index contributed by atoms with van der Waals surface area (Å²) >= 11 is 6.29. The van der Waals surface area contributed by atoms with Gasteiger partial charge in [0.25, 0.3) is 5.91 Å². The summed E-state index contributed by atoms with van der Waals surface area (Å²) in [5.74, 6) is -1.13. The third-order valence-electron chi connectivity index (χ3n) is 5.77. The molecule has 4 nitrogen and oxygen atoms in total. The molecule has 1 amide bonds. The Labute approximate surface area is 163 Å². The Balaban J connectivity index is 1.77. The van der Waals surface area contributed by atoms with E-state index in [0.717, 1.165) is 24.8 Å². The molecule has 1 N–H and O–H groups in total. The SMILES string of the molecule is O=C1CCCCC[C@@H]1[C@]1(O)C(=O)N(Cc2ccccc2Cl)c2ccccc21. The number of aliphatic hydroxyl groups is 1. The molecule has 1 aliphatic heterocycles. The first kappa shape index (κ1) is 18.2. The first-order valence-electron chi connectivity index (χ1n) is 9.43. The summed E-state index contributed by atoms with van der Waals surface area (Å²) in [4.78, 5) is 27.7. The number of benzene rings is 2. The molecule has 1 saturated carbocycles. The first-order valence-corrected chi connectivity index (χ1v) is 9.81.